The third-order valence-electron chi connectivity index (χ3n) is 5.02. The maximum atomic E-state index is 13.3. The molecule has 2 aromatic heterocycles. The highest BCUT2D eigenvalue weighted by Crippen LogP contribution is 2.26. The predicted molar refractivity (Wildman–Crippen MR) is 98.6 cm³/mol. The molecule has 26 heavy (non-hydrogen) atoms. The van der Waals surface area contributed by atoms with Crippen molar-refractivity contribution in [2.45, 2.75) is 31.8 Å². The van der Waals surface area contributed by atoms with Crippen molar-refractivity contribution in [2.24, 2.45) is 0 Å². The predicted octanol–water partition coefficient (Wildman–Crippen LogP) is 2.84. The molecule has 3 aromatic rings. The second kappa shape index (κ2) is 7.15. The van der Waals surface area contributed by atoms with Gasteiger partial charge in [-0.1, -0.05) is 30.3 Å². The zero-order valence-electron chi connectivity index (χ0n) is 14.9. The molecule has 0 aliphatic carbocycles. The number of amides is 1. The minimum atomic E-state index is -0.408. The van der Waals surface area contributed by atoms with Crippen molar-refractivity contribution >= 4 is 5.91 Å². The second-order valence-corrected chi connectivity index (χ2v) is 6.85. The minimum Gasteiger partial charge on any atom is -0.340 e. The molecule has 0 radical (unpaired) electrons. The first-order valence-corrected chi connectivity index (χ1v) is 9.06. The Hall–Kier alpha value is -2.89. The summed E-state index contributed by atoms with van der Waals surface area (Å²) >= 11 is 0. The highest BCUT2D eigenvalue weighted by atomic mass is 16.2. The van der Waals surface area contributed by atoms with Gasteiger partial charge >= 0.3 is 0 Å². The van der Waals surface area contributed by atoms with Gasteiger partial charge in [-0.3, -0.25) is 14.2 Å². The number of nitrogens with zero attached hydrogens (tertiary/aromatic N) is 5. The largest absolute Gasteiger partial charge is 0.340 e. The Morgan fingerprint density at radius 2 is 1.88 bits per heavy atom. The van der Waals surface area contributed by atoms with Crippen LogP contribution >= 0.6 is 0 Å². The summed E-state index contributed by atoms with van der Waals surface area (Å²) in [5, 5.41) is 8.76. The molecule has 6 heteroatoms. The first-order chi connectivity index (χ1) is 12.7. The average Bonchev–Trinajstić information content (AvgIpc) is 3.35. The van der Waals surface area contributed by atoms with Crippen molar-refractivity contribution in [3.63, 3.8) is 0 Å². The van der Waals surface area contributed by atoms with E-state index in [2.05, 4.69) is 23.3 Å². The zero-order chi connectivity index (χ0) is 17.9. The lowest BCUT2D eigenvalue weighted by atomic mass is 10.0. The molecule has 0 saturated carbocycles. The number of likely N-dealkylation sites (tertiary alicyclic amines) is 1. The van der Waals surface area contributed by atoms with Gasteiger partial charge in [-0.05, 0) is 37.0 Å². The van der Waals surface area contributed by atoms with E-state index in [9.17, 15) is 4.79 Å². The Morgan fingerprint density at radius 1 is 1.12 bits per heavy atom. The number of carbonyl (C=O) groups excluding carboxylic acids is 1. The summed E-state index contributed by atoms with van der Waals surface area (Å²) in [5.41, 5.74) is 2.14. The summed E-state index contributed by atoms with van der Waals surface area (Å²) in [6.45, 7) is 3.54. The number of carbonyl (C=O) groups is 1. The Morgan fingerprint density at radius 3 is 2.50 bits per heavy atom. The van der Waals surface area contributed by atoms with Gasteiger partial charge in [-0.15, -0.1) is 0 Å². The maximum Gasteiger partial charge on any atom is 0.252 e. The Kier molecular flexibility index (Phi) is 4.56. The van der Waals surface area contributed by atoms with Gasteiger partial charge in [0.2, 0.25) is 0 Å². The van der Waals surface area contributed by atoms with E-state index in [1.807, 2.05) is 58.4 Å². The van der Waals surface area contributed by atoms with Crippen molar-refractivity contribution < 1.29 is 4.79 Å². The van der Waals surface area contributed by atoms with Crippen LogP contribution < -0.4 is 0 Å². The van der Waals surface area contributed by atoms with Gasteiger partial charge in [0.25, 0.3) is 5.91 Å². The van der Waals surface area contributed by atoms with E-state index in [1.165, 1.54) is 5.56 Å². The van der Waals surface area contributed by atoms with E-state index in [-0.39, 0.29) is 5.91 Å². The van der Waals surface area contributed by atoms with Gasteiger partial charge in [0, 0.05) is 31.7 Å². The van der Waals surface area contributed by atoms with Crippen molar-refractivity contribution in [1.29, 1.82) is 0 Å². The van der Waals surface area contributed by atoms with Crippen LogP contribution in [0.1, 0.15) is 36.1 Å². The first-order valence-electron chi connectivity index (χ1n) is 9.06. The molecule has 1 saturated heterocycles. The van der Waals surface area contributed by atoms with E-state index < -0.39 is 6.04 Å². The molecule has 1 atom stereocenters. The third-order valence-corrected chi connectivity index (χ3v) is 5.02. The summed E-state index contributed by atoms with van der Waals surface area (Å²) in [6, 6.07) is 11.7. The van der Waals surface area contributed by atoms with Crippen LogP contribution in [0.5, 0.6) is 0 Å². The van der Waals surface area contributed by atoms with Crippen molar-refractivity contribution in [2.75, 3.05) is 13.1 Å². The van der Waals surface area contributed by atoms with Crippen LogP contribution in [0, 0.1) is 6.92 Å². The molecular formula is C20H23N5O. The van der Waals surface area contributed by atoms with Gasteiger partial charge in [0.1, 0.15) is 0 Å². The summed E-state index contributed by atoms with van der Waals surface area (Å²) in [6.07, 6.45) is 9.39. The first kappa shape index (κ1) is 16.6. The van der Waals surface area contributed by atoms with Crippen LogP contribution in [0.2, 0.25) is 0 Å². The van der Waals surface area contributed by atoms with Crippen LogP contribution in [-0.2, 0) is 4.79 Å². The Bertz CT molecular complexity index is 847. The second-order valence-electron chi connectivity index (χ2n) is 6.85. The fourth-order valence-electron chi connectivity index (χ4n) is 3.63. The van der Waals surface area contributed by atoms with Crippen LogP contribution in [0.4, 0.5) is 0 Å². The Balaban J connectivity index is 1.50. The molecule has 1 aliphatic heterocycles. The highest BCUT2D eigenvalue weighted by molar-refractivity contribution is 5.83. The number of piperidine rings is 1. The molecule has 1 aliphatic rings. The van der Waals surface area contributed by atoms with E-state index in [0.29, 0.717) is 6.04 Å². The molecule has 1 amide bonds. The molecule has 0 bridgehead atoms. The summed E-state index contributed by atoms with van der Waals surface area (Å²) < 4.78 is 3.79. The number of hydrogen-bond donors (Lipinski definition) is 0. The SMILES string of the molecule is Cc1cnn(C2CCN(C(=O)C(c3ccccc3)n3cccn3)CC2)c1. The number of hydrogen-bond acceptors (Lipinski definition) is 3. The van der Waals surface area contributed by atoms with E-state index in [4.69, 9.17) is 0 Å². The molecule has 0 N–H and O–H groups in total. The third kappa shape index (κ3) is 3.27. The van der Waals surface area contributed by atoms with Gasteiger partial charge in [-0.2, -0.15) is 10.2 Å². The summed E-state index contributed by atoms with van der Waals surface area (Å²) in [4.78, 5) is 15.3. The number of benzene rings is 1. The van der Waals surface area contributed by atoms with Crippen molar-refractivity contribution in [3.8, 4) is 0 Å². The molecule has 4 rings (SSSR count). The zero-order valence-corrected chi connectivity index (χ0v) is 14.9. The standard InChI is InChI=1S/C20H23N5O/c1-16-14-22-25(15-16)18-8-12-23(13-9-18)20(26)19(24-11-5-10-21-24)17-6-3-2-4-7-17/h2-7,10-11,14-15,18-19H,8-9,12-13H2,1H3. The quantitative estimate of drug-likeness (QED) is 0.728. The lowest BCUT2D eigenvalue weighted by Crippen LogP contribution is -2.43. The molecule has 3 heterocycles. The average molecular weight is 349 g/mol. The van der Waals surface area contributed by atoms with Gasteiger partial charge in [0.15, 0.2) is 6.04 Å². The molecule has 1 unspecified atom stereocenters. The maximum absolute atomic E-state index is 13.3. The molecule has 1 aromatic carbocycles. The lowest BCUT2D eigenvalue weighted by Gasteiger charge is -2.34. The molecule has 6 nitrogen and oxygen atoms in total. The Labute approximate surface area is 153 Å². The van der Waals surface area contributed by atoms with Crippen molar-refractivity contribution in [3.05, 3.63) is 72.3 Å². The molecular weight excluding hydrogens is 326 g/mol. The highest BCUT2D eigenvalue weighted by Gasteiger charge is 2.31. The van der Waals surface area contributed by atoms with E-state index >= 15 is 0 Å². The molecule has 134 valence electrons. The molecule has 1 fully saturated rings. The van der Waals surface area contributed by atoms with Gasteiger partial charge in [-0.25, -0.2) is 0 Å². The number of aryl methyl sites for hydroxylation is 1. The van der Waals surface area contributed by atoms with Crippen LogP contribution in [0.15, 0.2) is 61.2 Å². The topological polar surface area (TPSA) is 56.0 Å². The van der Waals surface area contributed by atoms with E-state index in [1.54, 1.807) is 10.9 Å². The lowest BCUT2D eigenvalue weighted by molar-refractivity contribution is -0.135. The smallest absolute Gasteiger partial charge is 0.252 e. The minimum absolute atomic E-state index is 0.106. The van der Waals surface area contributed by atoms with Crippen LogP contribution in [0.25, 0.3) is 0 Å². The van der Waals surface area contributed by atoms with Gasteiger partial charge < -0.3 is 4.90 Å². The van der Waals surface area contributed by atoms with Gasteiger partial charge in [0.05, 0.1) is 12.2 Å². The normalized spacial score (nSPS) is 16.6. The summed E-state index contributed by atoms with van der Waals surface area (Å²) in [5.74, 6) is 0.106. The monoisotopic (exact) mass is 349 g/mol. The van der Waals surface area contributed by atoms with Crippen LogP contribution in [0.3, 0.4) is 0 Å². The van der Waals surface area contributed by atoms with E-state index in [0.717, 1.165) is 31.5 Å². The number of aromatic nitrogens is 4. The summed E-state index contributed by atoms with van der Waals surface area (Å²) in [7, 11) is 0. The van der Waals surface area contributed by atoms with Crippen LogP contribution in [-0.4, -0.2) is 43.5 Å². The fraction of sp³-hybridized carbons (Fsp3) is 0.350. The number of rotatable bonds is 4. The molecule has 0 spiro atoms. The van der Waals surface area contributed by atoms with Crippen molar-refractivity contribution in [1.82, 2.24) is 24.5 Å². The fourth-order valence-corrected chi connectivity index (χ4v) is 3.63.